The molecule has 0 aliphatic carbocycles. The van der Waals surface area contributed by atoms with Crippen LogP contribution < -0.4 is 11.1 Å². The fourth-order valence-corrected chi connectivity index (χ4v) is 1.87. The zero-order valence-corrected chi connectivity index (χ0v) is 14.6. The van der Waals surface area contributed by atoms with Gasteiger partial charge in [0.25, 0.3) is 11.8 Å². The highest BCUT2D eigenvalue weighted by Gasteiger charge is 2.23. The summed E-state index contributed by atoms with van der Waals surface area (Å²) >= 11 is 0. The van der Waals surface area contributed by atoms with Gasteiger partial charge in [-0.3, -0.25) is 4.79 Å². The minimum atomic E-state index is -0.215. The number of nitrogens with two attached hydrogens (primary N) is 1. The van der Waals surface area contributed by atoms with Crippen LogP contribution in [0, 0.1) is 0 Å². The summed E-state index contributed by atoms with van der Waals surface area (Å²) in [6.07, 6.45) is 0. The van der Waals surface area contributed by atoms with Crippen LogP contribution in [-0.2, 0) is 5.41 Å². The smallest absolute Gasteiger partial charge is 0.258 e. The molecule has 0 fully saturated rings. The van der Waals surface area contributed by atoms with Gasteiger partial charge in [0.05, 0.1) is 11.1 Å². The van der Waals surface area contributed by atoms with E-state index in [2.05, 4.69) is 15.5 Å². The Labute approximate surface area is 142 Å². The van der Waals surface area contributed by atoms with Gasteiger partial charge in [-0.1, -0.05) is 38.1 Å². The van der Waals surface area contributed by atoms with Gasteiger partial charge in [-0.15, -0.1) is 12.4 Å². The molecule has 3 N–H and O–H groups in total. The molecular formula is C16H23ClN4O2. The number of carbonyl (C=O) groups excluding carboxylic acids is 1. The van der Waals surface area contributed by atoms with Crippen LogP contribution in [0.3, 0.4) is 0 Å². The highest BCUT2D eigenvalue weighted by molar-refractivity contribution is 6.00. The van der Waals surface area contributed by atoms with Crippen LogP contribution in [0.1, 0.15) is 43.9 Å². The molecule has 0 aliphatic heterocycles. The van der Waals surface area contributed by atoms with Crippen molar-refractivity contribution in [3.05, 3.63) is 35.7 Å². The van der Waals surface area contributed by atoms with Crippen LogP contribution in [0.5, 0.6) is 0 Å². The second-order valence-electron chi connectivity index (χ2n) is 6.33. The summed E-state index contributed by atoms with van der Waals surface area (Å²) in [7, 11) is 0. The summed E-state index contributed by atoms with van der Waals surface area (Å²) in [5, 5.41) is 6.84. The van der Waals surface area contributed by atoms with Crippen molar-refractivity contribution in [3.63, 3.8) is 0 Å². The second kappa shape index (κ2) is 7.57. The van der Waals surface area contributed by atoms with Crippen LogP contribution in [0.2, 0.25) is 0 Å². The average Bonchev–Trinajstić information content (AvgIpc) is 2.96. The summed E-state index contributed by atoms with van der Waals surface area (Å²) in [5.74, 6) is 0.744. The molecule has 1 aromatic carbocycles. The minimum absolute atomic E-state index is 0. The third-order valence-electron chi connectivity index (χ3n) is 3.23. The van der Waals surface area contributed by atoms with Crippen LogP contribution in [0.15, 0.2) is 28.8 Å². The van der Waals surface area contributed by atoms with Gasteiger partial charge in [0.15, 0.2) is 5.82 Å². The van der Waals surface area contributed by atoms with Gasteiger partial charge < -0.3 is 15.6 Å². The lowest BCUT2D eigenvalue weighted by molar-refractivity contribution is 0.0941. The highest BCUT2D eigenvalue weighted by Crippen LogP contribution is 2.26. The number of aromatic nitrogens is 2. The van der Waals surface area contributed by atoms with Crippen molar-refractivity contribution in [2.24, 2.45) is 5.73 Å². The summed E-state index contributed by atoms with van der Waals surface area (Å²) in [6, 6.07) is 7.05. The Morgan fingerprint density at radius 3 is 2.57 bits per heavy atom. The number of carbonyl (C=O) groups is 1. The fourth-order valence-electron chi connectivity index (χ4n) is 1.87. The number of rotatable bonds is 4. The van der Waals surface area contributed by atoms with Crippen molar-refractivity contribution in [2.45, 2.75) is 39.2 Å². The molecule has 0 unspecified atom stereocenters. The third kappa shape index (κ3) is 4.53. The average molecular weight is 339 g/mol. The Kier molecular flexibility index (Phi) is 6.29. The van der Waals surface area contributed by atoms with Crippen molar-refractivity contribution in [1.29, 1.82) is 0 Å². The molecule has 0 saturated carbocycles. The van der Waals surface area contributed by atoms with E-state index < -0.39 is 0 Å². The monoisotopic (exact) mass is 338 g/mol. The molecule has 23 heavy (non-hydrogen) atoms. The summed E-state index contributed by atoms with van der Waals surface area (Å²) in [5.41, 5.74) is 6.44. The SMILES string of the molecule is C[C@@H](CN)NC(=O)c1ccccc1-c1nc(C(C)(C)C)no1.Cl. The summed E-state index contributed by atoms with van der Waals surface area (Å²) in [6.45, 7) is 8.24. The molecule has 1 aromatic heterocycles. The molecule has 0 bridgehead atoms. The first-order valence-corrected chi connectivity index (χ1v) is 7.27. The third-order valence-corrected chi connectivity index (χ3v) is 3.23. The standard InChI is InChI=1S/C16H22N4O2.ClH/c1-10(9-17)18-13(21)11-7-5-6-8-12(11)14-19-15(20-22-14)16(2,3)4;/h5-8,10H,9,17H2,1-4H3,(H,18,21);1H/t10-;/m0./s1. The van der Waals surface area contributed by atoms with Gasteiger partial charge in [0, 0.05) is 18.0 Å². The van der Waals surface area contributed by atoms with Gasteiger partial charge in [0.1, 0.15) is 0 Å². The van der Waals surface area contributed by atoms with Crippen molar-refractivity contribution in [2.75, 3.05) is 6.54 Å². The van der Waals surface area contributed by atoms with Gasteiger partial charge >= 0.3 is 0 Å². The van der Waals surface area contributed by atoms with Gasteiger partial charge in [-0.25, -0.2) is 0 Å². The van der Waals surface area contributed by atoms with E-state index in [1.54, 1.807) is 18.2 Å². The Bertz CT molecular complexity index is 664. The zero-order chi connectivity index (χ0) is 16.3. The van der Waals surface area contributed by atoms with Crippen molar-refractivity contribution >= 4 is 18.3 Å². The molecule has 7 heteroatoms. The van der Waals surface area contributed by atoms with E-state index >= 15 is 0 Å². The molecule has 1 amide bonds. The highest BCUT2D eigenvalue weighted by atomic mass is 35.5. The normalized spacial score (nSPS) is 12.4. The molecule has 0 spiro atoms. The van der Waals surface area contributed by atoms with E-state index in [-0.39, 0.29) is 29.8 Å². The van der Waals surface area contributed by atoms with E-state index in [1.807, 2.05) is 33.8 Å². The maximum Gasteiger partial charge on any atom is 0.258 e. The van der Waals surface area contributed by atoms with Gasteiger partial charge in [-0.05, 0) is 19.1 Å². The van der Waals surface area contributed by atoms with E-state index in [9.17, 15) is 4.79 Å². The first-order valence-electron chi connectivity index (χ1n) is 7.27. The number of hydrogen-bond acceptors (Lipinski definition) is 5. The number of amides is 1. The fraction of sp³-hybridized carbons (Fsp3) is 0.438. The first kappa shape index (κ1) is 19.1. The maximum atomic E-state index is 12.4. The minimum Gasteiger partial charge on any atom is -0.348 e. The number of nitrogens with one attached hydrogen (secondary N) is 1. The zero-order valence-electron chi connectivity index (χ0n) is 13.8. The quantitative estimate of drug-likeness (QED) is 0.893. The number of halogens is 1. The topological polar surface area (TPSA) is 94.0 Å². The largest absolute Gasteiger partial charge is 0.348 e. The van der Waals surface area contributed by atoms with E-state index in [0.717, 1.165) is 0 Å². The number of hydrogen-bond donors (Lipinski definition) is 2. The summed E-state index contributed by atoms with van der Waals surface area (Å²) < 4.78 is 5.33. The Morgan fingerprint density at radius 2 is 2.00 bits per heavy atom. The lowest BCUT2D eigenvalue weighted by Gasteiger charge is -2.13. The molecule has 0 saturated heterocycles. The van der Waals surface area contributed by atoms with Crippen molar-refractivity contribution in [1.82, 2.24) is 15.5 Å². The van der Waals surface area contributed by atoms with E-state index in [4.69, 9.17) is 10.3 Å². The molecule has 0 radical (unpaired) electrons. The van der Waals surface area contributed by atoms with Crippen molar-refractivity contribution < 1.29 is 9.32 Å². The molecule has 6 nitrogen and oxygen atoms in total. The number of benzene rings is 1. The maximum absolute atomic E-state index is 12.4. The predicted octanol–water partition coefficient (Wildman–Crippen LogP) is 2.53. The van der Waals surface area contributed by atoms with Gasteiger partial charge in [0.2, 0.25) is 0 Å². The Balaban J connectivity index is 0.00000264. The second-order valence-corrected chi connectivity index (χ2v) is 6.33. The van der Waals surface area contributed by atoms with E-state index in [1.165, 1.54) is 0 Å². The van der Waals surface area contributed by atoms with Crippen LogP contribution in [-0.4, -0.2) is 28.6 Å². The number of nitrogens with zero attached hydrogens (tertiary/aromatic N) is 2. The van der Waals surface area contributed by atoms with Crippen LogP contribution in [0.25, 0.3) is 11.5 Å². The molecule has 2 rings (SSSR count). The van der Waals surface area contributed by atoms with Crippen LogP contribution >= 0.6 is 12.4 Å². The molecule has 2 aromatic rings. The Hall–Kier alpha value is -1.92. The summed E-state index contributed by atoms with van der Waals surface area (Å²) in [4.78, 5) is 16.8. The van der Waals surface area contributed by atoms with Crippen LogP contribution in [0.4, 0.5) is 0 Å². The molecule has 0 aliphatic rings. The molecule has 1 atom stereocenters. The lowest BCUT2D eigenvalue weighted by atomic mass is 9.96. The van der Waals surface area contributed by atoms with E-state index in [0.29, 0.717) is 29.4 Å². The molecular weight excluding hydrogens is 316 g/mol. The molecule has 1 heterocycles. The van der Waals surface area contributed by atoms with Crippen molar-refractivity contribution in [3.8, 4) is 11.5 Å². The predicted molar refractivity (Wildman–Crippen MR) is 91.7 cm³/mol. The first-order chi connectivity index (χ1) is 10.3. The van der Waals surface area contributed by atoms with Gasteiger partial charge in [-0.2, -0.15) is 4.98 Å². The molecule has 126 valence electrons. The Morgan fingerprint density at radius 1 is 1.35 bits per heavy atom. The lowest BCUT2D eigenvalue weighted by Crippen LogP contribution is -2.38.